The van der Waals surface area contributed by atoms with Crippen molar-refractivity contribution in [1.82, 2.24) is 19.7 Å². The van der Waals surface area contributed by atoms with Gasteiger partial charge in [-0.1, -0.05) is 6.07 Å². The van der Waals surface area contributed by atoms with Crippen molar-refractivity contribution in [2.45, 2.75) is 26.0 Å². The number of amides is 1. The molecule has 1 saturated heterocycles. The molecule has 0 saturated carbocycles. The summed E-state index contributed by atoms with van der Waals surface area (Å²) < 4.78 is 18.5. The Hall–Kier alpha value is -3.39. The topological polar surface area (TPSA) is 78.7 Å². The Balaban J connectivity index is 1.44. The average molecular weight is 437 g/mol. The van der Waals surface area contributed by atoms with E-state index < -0.39 is 0 Å². The van der Waals surface area contributed by atoms with Gasteiger partial charge in [-0.15, -0.1) is 0 Å². The minimum atomic E-state index is -0.263. The maximum Gasteiger partial charge on any atom is 0.274 e. The van der Waals surface area contributed by atoms with Gasteiger partial charge in [-0.3, -0.25) is 14.5 Å². The Labute approximate surface area is 187 Å². The van der Waals surface area contributed by atoms with Crippen molar-refractivity contribution in [2.75, 3.05) is 33.9 Å². The molecular weight excluding hydrogens is 408 g/mol. The monoisotopic (exact) mass is 436 g/mol. The summed E-state index contributed by atoms with van der Waals surface area (Å²) in [5, 5.41) is 4.33. The highest BCUT2D eigenvalue weighted by atomic mass is 16.5. The number of aromatic nitrogens is 3. The van der Waals surface area contributed by atoms with Gasteiger partial charge in [0.05, 0.1) is 33.1 Å². The molecule has 32 heavy (non-hydrogen) atoms. The lowest BCUT2D eigenvalue weighted by atomic mass is 10.0. The molecule has 3 aromatic rings. The fourth-order valence-electron chi connectivity index (χ4n) is 3.80. The van der Waals surface area contributed by atoms with E-state index in [1.807, 2.05) is 49.6 Å². The molecule has 0 unspecified atom stereocenters. The Morgan fingerprint density at radius 3 is 2.75 bits per heavy atom. The van der Waals surface area contributed by atoms with E-state index in [1.165, 1.54) is 0 Å². The lowest BCUT2D eigenvalue weighted by Crippen LogP contribution is -2.42. The van der Waals surface area contributed by atoms with Crippen molar-refractivity contribution in [3.05, 3.63) is 71.3 Å². The molecule has 0 radical (unpaired) electrons. The summed E-state index contributed by atoms with van der Waals surface area (Å²) in [6.45, 7) is 4.19. The van der Waals surface area contributed by atoms with Gasteiger partial charge < -0.3 is 19.1 Å². The number of rotatable bonds is 7. The lowest BCUT2D eigenvalue weighted by Gasteiger charge is -2.32. The molecule has 0 aliphatic carbocycles. The van der Waals surface area contributed by atoms with Gasteiger partial charge in [-0.25, -0.2) is 0 Å². The quantitative estimate of drug-likeness (QED) is 0.566. The SMILES string of the molecule is CCn1ccc(C(=O)N2CCO[C@H](c3ccc(Cc4cc(OC)ccc4OC)cn3)C2)n1. The van der Waals surface area contributed by atoms with Crippen LogP contribution in [0.1, 0.15) is 40.3 Å². The zero-order valence-electron chi connectivity index (χ0n) is 18.7. The maximum absolute atomic E-state index is 12.8. The first-order chi connectivity index (χ1) is 15.6. The molecule has 1 aliphatic heterocycles. The van der Waals surface area contributed by atoms with E-state index in [9.17, 15) is 4.79 Å². The number of hydrogen-bond donors (Lipinski definition) is 0. The molecule has 0 spiro atoms. The molecule has 3 heterocycles. The average Bonchev–Trinajstić information content (AvgIpc) is 3.33. The van der Waals surface area contributed by atoms with Gasteiger partial charge in [-0.2, -0.15) is 5.10 Å². The summed E-state index contributed by atoms with van der Waals surface area (Å²) in [7, 11) is 3.31. The Morgan fingerprint density at radius 2 is 2.06 bits per heavy atom. The van der Waals surface area contributed by atoms with Crippen LogP contribution in [0, 0.1) is 0 Å². The number of aryl methyl sites for hydroxylation is 1. The second-order valence-electron chi connectivity index (χ2n) is 7.61. The van der Waals surface area contributed by atoms with Crippen molar-refractivity contribution in [3.63, 3.8) is 0 Å². The third-order valence-electron chi connectivity index (χ3n) is 5.60. The van der Waals surface area contributed by atoms with E-state index in [0.717, 1.165) is 34.9 Å². The highest BCUT2D eigenvalue weighted by Gasteiger charge is 2.28. The van der Waals surface area contributed by atoms with Gasteiger partial charge in [0, 0.05) is 37.5 Å². The van der Waals surface area contributed by atoms with E-state index in [2.05, 4.69) is 10.1 Å². The molecule has 8 nitrogen and oxygen atoms in total. The number of benzene rings is 1. The number of nitrogens with zero attached hydrogens (tertiary/aromatic N) is 4. The number of carbonyl (C=O) groups excluding carboxylic acids is 1. The zero-order chi connectivity index (χ0) is 22.5. The van der Waals surface area contributed by atoms with Crippen LogP contribution in [0.25, 0.3) is 0 Å². The van der Waals surface area contributed by atoms with Crippen LogP contribution in [0.5, 0.6) is 11.5 Å². The van der Waals surface area contributed by atoms with E-state index in [4.69, 9.17) is 14.2 Å². The first-order valence-electron chi connectivity index (χ1n) is 10.7. The molecule has 168 valence electrons. The van der Waals surface area contributed by atoms with E-state index in [0.29, 0.717) is 31.8 Å². The predicted molar refractivity (Wildman–Crippen MR) is 119 cm³/mol. The minimum Gasteiger partial charge on any atom is -0.497 e. The first kappa shape index (κ1) is 21.8. The highest BCUT2D eigenvalue weighted by molar-refractivity contribution is 5.92. The number of hydrogen-bond acceptors (Lipinski definition) is 6. The molecule has 1 aliphatic rings. The van der Waals surface area contributed by atoms with Crippen molar-refractivity contribution >= 4 is 5.91 Å². The first-order valence-corrected chi connectivity index (χ1v) is 10.7. The van der Waals surface area contributed by atoms with E-state index in [-0.39, 0.29) is 12.0 Å². The molecular formula is C24H28N4O4. The number of carbonyl (C=O) groups is 1. The second kappa shape index (κ2) is 9.82. The number of ether oxygens (including phenoxy) is 3. The van der Waals surface area contributed by atoms with Crippen LogP contribution in [0.15, 0.2) is 48.8 Å². The molecule has 1 fully saturated rings. The van der Waals surface area contributed by atoms with Gasteiger partial charge in [0.2, 0.25) is 0 Å². The third-order valence-corrected chi connectivity index (χ3v) is 5.60. The van der Waals surface area contributed by atoms with Crippen LogP contribution in [0.2, 0.25) is 0 Å². The van der Waals surface area contributed by atoms with Gasteiger partial charge in [0.1, 0.15) is 23.3 Å². The van der Waals surface area contributed by atoms with Crippen LogP contribution in [-0.2, 0) is 17.7 Å². The number of pyridine rings is 1. The normalized spacial score (nSPS) is 16.1. The van der Waals surface area contributed by atoms with Gasteiger partial charge in [-0.05, 0) is 42.8 Å². The van der Waals surface area contributed by atoms with Crippen LogP contribution in [0.4, 0.5) is 0 Å². The maximum atomic E-state index is 12.8. The third kappa shape index (κ3) is 4.75. The van der Waals surface area contributed by atoms with Crippen LogP contribution < -0.4 is 9.47 Å². The molecule has 4 rings (SSSR count). The predicted octanol–water partition coefficient (Wildman–Crippen LogP) is 3.12. The summed E-state index contributed by atoms with van der Waals surface area (Å²) in [5.74, 6) is 1.52. The highest BCUT2D eigenvalue weighted by Crippen LogP contribution is 2.27. The zero-order valence-corrected chi connectivity index (χ0v) is 18.7. The fraction of sp³-hybridized carbons (Fsp3) is 0.375. The van der Waals surface area contributed by atoms with Crippen molar-refractivity contribution < 1.29 is 19.0 Å². The molecule has 1 aromatic carbocycles. The molecule has 1 amide bonds. The standard InChI is InChI=1S/C24H28N4O4/c1-4-28-10-9-21(26-28)24(29)27-11-12-32-23(16-27)20-7-5-17(15-25-20)13-18-14-19(30-2)6-8-22(18)31-3/h5-10,14-15,23H,4,11-13,16H2,1-3H3/t23-/m0/s1. The summed E-state index contributed by atoms with van der Waals surface area (Å²) in [6, 6.07) is 11.5. The lowest BCUT2D eigenvalue weighted by molar-refractivity contribution is -0.0249. The van der Waals surface area contributed by atoms with E-state index in [1.54, 1.807) is 29.9 Å². The Kier molecular flexibility index (Phi) is 6.70. The van der Waals surface area contributed by atoms with Gasteiger partial charge in [0.25, 0.3) is 5.91 Å². The smallest absolute Gasteiger partial charge is 0.274 e. The largest absolute Gasteiger partial charge is 0.497 e. The molecule has 0 bridgehead atoms. The fourth-order valence-corrected chi connectivity index (χ4v) is 3.80. The molecule has 1 atom stereocenters. The second-order valence-corrected chi connectivity index (χ2v) is 7.61. The van der Waals surface area contributed by atoms with Crippen molar-refractivity contribution in [1.29, 1.82) is 0 Å². The summed E-state index contributed by atoms with van der Waals surface area (Å²) >= 11 is 0. The molecule has 2 aromatic heterocycles. The molecule has 8 heteroatoms. The number of morpholine rings is 1. The number of methoxy groups -OCH3 is 2. The van der Waals surface area contributed by atoms with Crippen molar-refractivity contribution in [3.8, 4) is 11.5 Å². The summed E-state index contributed by atoms with van der Waals surface area (Å²) in [4.78, 5) is 19.2. The van der Waals surface area contributed by atoms with Crippen LogP contribution >= 0.6 is 0 Å². The molecule has 0 N–H and O–H groups in total. The summed E-state index contributed by atoms with van der Waals surface area (Å²) in [5.41, 5.74) is 3.35. The van der Waals surface area contributed by atoms with Crippen LogP contribution in [0.3, 0.4) is 0 Å². The Morgan fingerprint density at radius 1 is 1.19 bits per heavy atom. The van der Waals surface area contributed by atoms with Gasteiger partial charge >= 0.3 is 0 Å². The Bertz CT molecular complexity index is 1060. The van der Waals surface area contributed by atoms with Crippen LogP contribution in [-0.4, -0.2) is 59.5 Å². The summed E-state index contributed by atoms with van der Waals surface area (Å²) in [6.07, 6.45) is 4.08. The van der Waals surface area contributed by atoms with E-state index >= 15 is 0 Å². The van der Waals surface area contributed by atoms with Crippen molar-refractivity contribution in [2.24, 2.45) is 0 Å². The minimum absolute atomic E-state index is 0.0766. The van der Waals surface area contributed by atoms with Gasteiger partial charge in [0.15, 0.2) is 0 Å².